The molecule has 0 amide bonds. The molecule has 0 aromatic heterocycles. The third-order valence-electron chi connectivity index (χ3n) is 7.31. The summed E-state index contributed by atoms with van der Waals surface area (Å²) in [6.07, 6.45) is 2.47. The molecule has 0 aliphatic heterocycles. The normalized spacial score (nSPS) is 17.0. The van der Waals surface area contributed by atoms with Crippen molar-refractivity contribution in [2.75, 3.05) is 0 Å². The van der Waals surface area contributed by atoms with Gasteiger partial charge in [0.15, 0.2) is 0 Å². The number of carbonyl (C=O) groups excluding carboxylic acids is 2. The van der Waals surface area contributed by atoms with Gasteiger partial charge in [0.1, 0.15) is 11.5 Å². The molecule has 4 aromatic rings. The number of esters is 2. The number of carbonyl (C=O) groups is 2. The summed E-state index contributed by atoms with van der Waals surface area (Å²) in [5.41, 5.74) is 6.84. The molecular weight excluding hydrogens is 472 g/mol. The van der Waals surface area contributed by atoms with Gasteiger partial charge >= 0.3 is 11.9 Å². The van der Waals surface area contributed by atoms with Gasteiger partial charge in [-0.25, -0.2) is 0 Å². The molecule has 192 valence electrons. The van der Waals surface area contributed by atoms with E-state index < -0.39 is 0 Å². The number of rotatable bonds is 6. The van der Waals surface area contributed by atoms with Gasteiger partial charge < -0.3 is 9.47 Å². The molecule has 0 N–H and O–H groups in total. The Kier molecular flexibility index (Phi) is 7.69. The molecule has 0 bridgehead atoms. The van der Waals surface area contributed by atoms with Crippen molar-refractivity contribution < 1.29 is 19.1 Å². The van der Waals surface area contributed by atoms with Crippen LogP contribution in [0.1, 0.15) is 36.8 Å². The SMILES string of the molecule is Cc1ccc(-c2ccc(OC(=O)C3CCC(C(=O)Oc4ccc(-c5ccc(C)cc5)cc4)CC3)cc2)cc1. The van der Waals surface area contributed by atoms with E-state index in [2.05, 4.69) is 62.4 Å². The molecule has 1 aliphatic carbocycles. The Bertz CT molecular complexity index is 1270. The average molecular weight is 505 g/mol. The molecule has 4 aromatic carbocycles. The van der Waals surface area contributed by atoms with Crippen molar-refractivity contribution >= 4 is 11.9 Å². The van der Waals surface area contributed by atoms with Crippen molar-refractivity contribution in [1.82, 2.24) is 0 Å². The summed E-state index contributed by atoms with van der Waals surface area (Å²) >= 11 is 0. The highest BCUT2D eigenvalue weighted by molar-refractivity contribution is 5.78. The molecule has 1 fully saturated rings. The van der Waals surface area contributed by atoms with E-state index >= 15 is 0 Å². The summed E-state index contributed by atoms with van der Waals surface area (Å²) in [6.45, 7) is 4.13. The molecule has 1 saturated carbocycles. The van der Waals surface area contributed by atoms with Crippen LogP contribution in [0.15, 0.2) is 97.1 Å². The van der Waals surface area contributed by atoms with Gasteiger partial charge in [-0.1, -0.05) is 83.9 Å². The van der Waals surface area contributed by atoms with Crippen LogP contribution in [-0.2, 0) is 9.59 Å². The standard InChI is InChI=1S/C34H32O4/c1-23-3-7-25(8-4-23)27-15-19-31(20-16-27)37-33(35)29-11-13-30(14-12-29)34(36)38-32-21-17-28(18-22-32)26-9-5-24(2)6-10-26/h3-10,15-22,29-30H,11-14H2,1-2H3. The Morgan fingerprint density at radius 2 is 0.737 bits per heavy atom. The van der Waals surface area contributed by atoms with E-state index in [0.717, 1.165) is 22.3 Å². The first-order valence-electron chi connectivity index (χ1n) is 13.2. The molecule has 0 heterocycles. The van der Waals surface area contributed by atoms with Crippen molar-refractivity contribution in [2.45, 2.75) is 39.5 Å². The lowest BCUT2D eigenvalue weighted by Crippen LogP contribution is -2.30. The molecule has 0 spiro atoms. The molecule has 0 unspecified atom stereocenters. The fraction of sp³-hybridized carbons (Fsp3) is 0.235. The largest absolute Gasteiger partial charge is 0.426 e. The van der Waals surface area contributed by atoms with Crippen LogP contribution in [0, 0.1) is 25.7 Å². The van der Waals surface area contributed by atoms with Crippen LogP contribution >= 0.6 is 0 Å². The Hall–Kier alpha value is -4.18. The minimum absolute atomic E-state index is 0.204. The molecule has 38 heavy (non-hydrogen) atoms. The maximum absolute atomic E-state index is 12.8. The second kappa shape index (κ2) is 11.5. The Morgan fingerprint density at radius 1 is 0.474 bits per heavy atom. The van der Waals surface area contributed by atoms with E-state index in [-0.39, 0.29) is 23.8 Å². The topological polar surface area (TPSA) is 52.6 Å². The van der Waals surface area contributed by atoms with E-state index in [1.54, 1.807) is 0 Å². The van der Waals surface area contributed by atoms with Gasteiger partial charge in [0.05, 0.1) is 11.8 Å². The fourth-order valence-electron chi connectivity index (χ4n) is 4.89. The van der Waals surface area contributed by atoms with Gasteiger partial charge in [0.2, 0.25) is 0 Å². The summed E-state index contributed by atoms with van der Waals surface area (Å²) in [7, 11) is 0. The van der Waals surface area contributed by atoms with Crippen molar-refractivity contribution in [1.29, 1.82) is 0 Å². The third-order valence-corrected chi connectivity index (χ3v) is 7.31. The first-order chi connectivity index (χ1) is 18.4. The molecule has 4 nitrogen and oxygen atoms in total. The van der Waals surface area contributed by atoms with Crippen molar-refractivity contribution in [3.63, 3.8) is 0 Å². The van der Waals surface area contributed by atoms with E-state index in [4.69, 9.17) is 9.47 Å². The monoisotopic (exact) mass is 504 g/mol. The third kappa shape index (κ3) is 6.20. The van der Waals surface area contributed by atoms with E-state index in [1.807, 2.05) is 48.5 Å². The zero-order valence-electron chi connectivity index (χ0n) is 21.9. The molecule has 1 aliphatic rings. The summed E-state index contributed by atoms with van der Waals surface area (Å²) in [6, 6.07) is 31.9. The summed E-state index contributed by atoms with van der Waals surface area (Å²) < 4.78 is 11.3. The van der Waals surface area contributed by atoms with Crippen LogP contribution in [0.25, 0.3) is 22.3 Å². The molecular formula is C34H32O4. The molecule has 4 heteroatoms. The smallest absolute Gasteiger partial charge is 0.314 e. The lowest BCUT2D eigenvalue weighted by Gasteiger charge is -2.25. The highest BCUT2D eigenvalue weighted by atomic mass is 16.5. The second-order valence-electron chi connectivity index (χ2n) is 10.2. The quantitative estimate of drug-likeness (QED) is 0.197. The summed E-state index contributed by atoms with van der Waals surface area (Å²) in [5, 5.41) is 0. The summed E-state index contributed by atoms with van der Waals surface area (Å²) in [4.78, 5) is 25.5. The highest BCUT2D eigenvalue weighted by Crippen LogP contribution is 2.32. The van der Waals surface area contributed by atoms with Gasteiger partial charge in [0, 0.05) is 0 Å². The van der Waals surface area contributed by atoms with Crippen molar-refractivity contribution in [2.24, 2.45) is 11.8 Å². The maximum atomic E-state index is 12.8. The van der Waals surface area contributed by atoms with Crippen LogP contribution in [0.3, 0.4) is 0 Å². The predicted molar refractivity (Wildman–Crippen MR) is 150 cm³/mol. The van der Waals surface area contributed by atoms with Gasteiger partial charge in [-0.3, -0.25) is 9.59 Å². The van der Waals surface area contributed by atoms with Crippen LogP contribution < -0.4 is 9.47 Å². The van der Waals surface area contributed by atoms with E-state index in [1.165, 1.54) is 11.1 Å². The van der Waals surface area contributed by atoms with Crippen LogP contribution in [0.4, 0.5) is 0 Å². The second-order valence-corrected chi connectivity index (χ2v) is 10.2. The van der Waals surface area contributed by atoms with Crippen molar-refractivity contribution in [3.05, 3.63) is 108 Å². The van der Waals surface area contributed by atoms with Crippen molar-refractivity contribution in [3.8, 4) is 33.8 Å². The summed E-state index contributed by atoms with van der Waals surface area (Å²) in [5.74, 6) is 0.218. The van der Waals surface area contributed by atoms with Gasteiger partial charge in [-0.2, -0.15) is 0 Å². The van der Waals surface area contributed by atoms with Crippen LogP contribution in [0.5, 0.6) is 11.5 Å². The minimum Gasteiger partial charge on any atom is -0.426 e. The molecule has 5 rings (SSSR count). The molecule has 0 radical (unpaired) electrons. The van der Waals surface area contributed by atoms with Crippen LogP contribution in [0.2, 0.25) is 0 Å². The number of aryl methyl sites for hydroxylation is 2. The number of benzene rings is 4. The zero-order chi connectivity index (χ0) is 26.5. The molecule has 0 atom stereocenters. The Morgan fingerprint density at radius 3 is 1.03 bits per heavy atom. The Labute approximate surface area is 224 Å². The van der Waals surface area contributed by atoms with E-state index in [9.17, 15) is 9.59 Å². The number of hydrogen-bond donors (Lipinski definition) is 0. The number of ether oxygens (including phenoxy) is 2. The minimum atomic E-state index is -0.230. The number of hydrogen-bond acceptors (Lipinski definition) is 4. The van der Waals surface area contributed by atoms with Crippen LogP contribution in [-0.4, -0.2) is 11.9 Å². The van der Waals surface area contributed by atoms with Gasteiger partial charge in [-0.15, -0.1) is 0 Å². The van der Waals surface area contributed by atoms with Gasteiger partial charge in [0.25, 0.3) is 0 Å². The predicted octanol–water partition coefficient (Wildman–Crippen LogP) is 7.95. The average Bonchev–Trinajstić information content (AvgIpc) is 2.95. The van der Waals surface area contributed by atoms with Gasteiger partial charge in [-0.05, 0) is 86.1 Å². The fourth-order valence-corrected chi connectivity index (χ4v) is 4.89. The lowest BCUT2D eigenvalue weighted by molar-refractivity contribution is -0.145. The molecule has 0 saturated heterocycles. The first-order valence-corrected chi connectivity index (χ1v) is 13.2. The first kappa shape index (κ1) is 25.5. The van der Waals surface area contributed by atoms with E-state index in [0.29, 0.717) is 37.2 Å². The highest BCUT2D eigenvalue weighted by Gasteiger charge is 2.32. The zero-order valence-corrected chi connectivity index (χ0v) is 21.9. The maximum Gasteiger partial charge on any atom is 0.314 e. The Balaban J connectivity index is 1.10. The lowest BCUT2D eigenvalue weighted by atomic mass is 9.82.